The van der Waals surface area contributed by atoms with E-state index in [0.29, 0.717) is 0 Å². The summed E-state index contributed by atoms with van der Waals surface area (Å²) in [6.45, 7) is 7.69. The summed E-state index contributed by atoms with van der Waals surface area (Å²) in [4.78, 5) is 4.90. The second kappa shape index (κ2) is 7.40. The average molecular weight is 347 g/mol. The van der Waals surface area contributed by atoms with Gasteiger partial charge >= 0.3 is 0 Å². The molecule has 1 fully saturated rings. The lowest BCUT2D eigenvalue weighted by Crippen LogP contribution is -2.43. The molecule has 134 valence electrons. The van der Waals surface area contributed by atoms with Crippen molar-refractivity contribution in [3.8, 4) is 16.9 Å². The lowest BCUT2D eigenvalue weighted by atomic mass is 10.1. The molecule has 1 aliphatic heterocycles. The Labute approximate surface area is 154 Å². The Morgan fingerprint density at radius 2 is 1.58 bits per heavy atom. The molecule has 5 heteroatoms. The molecule has 1 aliphatic rings. The van der Waals surface area contributed by atoms with E-state index in [2.05, 4.69) is 82.6 Å². The van der Waals surface area contributed by atoms with Crippen LogP contribution in [0.4, 0.5) is 0 Å². The van der Waals surface area contributed by atoms with E-state index in [1.165, 1.54) is 11.1 Å². The summed E-state index contributed by atoms with van der Waals surface area (Å²) in [7, 11) is 2.19. The zero-order valence-corrected chi connectivity index (χ0v) is 15.5. The number of hydrogen-bond acceptors (Lipinski definition) is 4. The number of likely N-dealkylation sites (N-methyl/N-ethyl adjacent to an activating group) is 1. The summed E-state index contributed by atoms with van der Waals surface area (Å²) < 4.78 is 1.83. The van der Waals surface area contributed by atoms with Crippen molar-refractivity contribution in [2.75, 3.05) is 33.2 Å². The summed E-state index contributed by atoms with van der Waals surface area (Å²) in [6.07, 6.45) is 1.99. The van der Waals surface area contributed by atoms with E-state index in [0.717, 1.165) is 49.7 Å². The number of nitrogens with zero attached hydrogens (tertiary/aromatic N) is 5. The number of benzene rings is 2. The van der Waals surface area contributed by atoms with Crippen LogP contribution in [0.15, 0.2) is 54.7 Å². The standard InChI is InChI=1S/C21H25N5/c1-17-3-9-20(10-4-17)26-16-21(22-23-26)19-7-5-18(6-8-19)15-25-13-11-24(2)12-14-25/h3-10,16H,11-15H2,1-2H3. The number of hydrogen-bond donors (Lipinski definition) is 0. The highest BCUT2D eigenvalue weighted by Crippen LogP contribution is 2.19. The fraction of sp³-hybridized carbons (Fsp3) is 0.333. The topological polar surface area (TPSA) is 37.2 Å². The Hall–Kier alpha value is -2.50. The van der Waals surface area contributed by atoms with Gasteiger partial charge in [0.2, 0.25) is 0 Å². The maximum Gasteiger partial charge on any atom is 0.113 e. The monoisotopic (exact) mass is 347 g/mol. The third kappa shape index (κ3) is 3.84. The van der Waals surface area contributed by atoms with Crippen LogP contribution < -0.4 is 0 Å². The Kier molecular flexibility index (Phi) is 4.82. The van der Waals surface area contributed by atoms with Crippen LogP contribution in [0.2, 0.25) is 0 Å². The summed E-state index contributed by atoms with van der Waals surface area (Å²) >= 11 is 0. The predicted molar refractivity (Wildman–Crippen MR) is 104 cm³/mol. The van der Waals surface area contributed by atoms with Crippen LogP contribution >= 0.6 is 0 Å². The first kappa shape index (κ1) is 16.9. The second-order valence-corrected chi connectivity index (χ2v) is 7.16. The van der Waals surface area contributed by atoms with Crippen LogP contribution in [0.3, 0.4) is 0 Å². The summed E-state index contributed by atoms with van der Waals surface area (Å²) in [5.74, 6) is 0. The van der Waals surface area contributed by atoms with Gasteiger partial charge in [-0.2, -0.15) is 0 Å². The van der Waals surface area contributed by atoms with Crippen molar-refractivity contribution in [1.82, 2.24) is 24.8 Å². The molecule has 1 saturated heterocycles. The predicted octanol–water partition coefficient (Wildman–Crippen LogP) is 2.99. The number of rotatable bonds is 4. The minimum absolute atomic E-state index is 0.900. The van der Waals surface area contributed by atoms with Gasteiger partial charge in [-0.15, -0.1) is 5.10 Å². The highest BCUT2D eigenvalue weighted by molar-refractivity contribution is 5.58. The zero-order chi connectivity index (χ0) is 17.9. The van der Waals surface area contributed by atoms with Crippen molar-refractivity contribution in [2.45, 2.75) is 13.5 Å². The second-order valence-electron chi connectivity index (χ2n) is 7.16. The van der Waals surface area contributed by atoms with Crippen LogP contribution in [-0.2, 0) is 6.54 Å². The van der Waals surface area contributed by atoms with Gasteiger partial charge in [0.25, 0.3) is 0 Å². The smallest absolute Gasteiger partial charge is 0.113 e. The zero-order valence-electron chi connectivity index (χ0n) is 15.5. The first-order valence-corrected chi connectivity index (χ1v) is 9.17. The normalized spacial score (nSPS) is 16.1. The first-order chi connectivity index (χ1) is 12.7. The Balaban J connectivity index is 1.44. The molecule has 26 heavy (non-hydrogen) atoms. The molecule has 0 aliphatic carbocycles. The first-order valence-electron chi connectivity index (χ1n) is 9.17. The van der Waals surface area contributed by atoms with E-state index in [4.69, 9.17) is 0 Å². The van der Waals surface area contributed by atoms with Crippen LogP contribution in [0.1, 0.15) is 11.1 Å². The van der Waals surface area contributed by atoms with Crippen LogP contribution in [0.25, 0.3) is 16.9 Å². The van der Waals surface area contributed by atoms with Gasteiger partial charge < -0.3 is 4.90 Å². The fourth-order valence-corrected chi connectivity index (χ4v) is 3.26. The van der Waals surface area contributed by atoms with Gasteiger partial charge in [-0.3, -0.25) is 4.90 Å². The molecule has 2 heterocycles. The fourth-order valence-electron chi connectivity index (χ4n) is 3.26. The quantitative estimate of drug-likeness (QED) is 0.727. The van der Waals surface area contributed by atoms with Crippen molar-refractivity contribution in [3.05, 3.63) is 65.9 Å². The van der Waals surface area contributed by atoms with E-state index < -0.39 is 0 Å². The van der Waals surface area contributed by atoms with Gasteiger partial charge in [-0.25, -0.2) is 4.68 Å². The molecule has 0 radical (unpaired) electrons. The van der Waals surface area contributed by atoms with Crippen molar-refractivity contribution in [2.24, 2.45) is 0 Å². The minimum Gasteiger partial charge on any atom is -0.304 e. The van der Waals surface area contributed by atoms with E-state index in [1.807, 2.05) is 10.9 Å². The highest BCUT2D eigenvalue weighted by Gasteiger charge is 2.14. The van der Waals surface area contributed by atoms with Gasteiger partial charge in [0.15, 0.2) is 0 Å². The van der Waals surface area contributed by atoms with Crippen molar-refractivity contribution in [1.29, 1.82) is 0 Å². The average Bonchev–Trinajstić information content (AvgIpc) is 3.15. The van der Waals surface area contributed by atoms with Crippen molar-refractivity contribution < 1.29 is 0 Å². The van der Waals surface area contributed by atoms with Crippen LogP contribution in [0, 0.1) is 6.92 Å². The van der Waals surface area contributed by atoms with Crippen molar-refractivity contribution >= 4 is 0 Å². The highest BCUT2D eigenvalue weighted by atomic mass is 15.4. The number of aromatic nitrogens is 3. The molecule has 0 unspecified atom stereocenters. The molecule has 5 nitrogen and oxygen atoms in total. The molecule has 0 atom stereocenters. The van der Waals surface area contributed by atoms with Gasteiger partial charge in [0.05, 0.1) is 11.9 Å². The number of piperazine rings is 1. The Morgan fingerprint density at radius 3 is 2.27 bits per heavy atom. The summed E-state index contributed by atoms with van der Waals surface area (Å²) in [6, 6.07) is 17.0. The van der Waals surface area contributed by atoms with Crippen molar-refractivity contribution in [3.63, 3.8) is 0 Å². The lowest BCUT2D eigenvalue weighted by molar-refractivity contribution is 0.148. The molecule has 3 aromatic rings. The molecule has 0 N–H and O–H groups in total. The summed E-state index contributed by atoms with van der Waals surface area (Å²) in [5, 5.41) is 8.61. The minimum atomic E-state index is 0.900. The third-order valence-corrected chi connectivity index (χ3v) is 5.04. The molecule has 0 bridgehead atoms. The van der Waals surface area contributed by atoms with Crippen LogP contribution in [-0.4, -0.2) is 58.0 Å². The number of aryl methyl sites for hydroxylation is 1. The third-order valence-electron chi connectivity index (χ3n) is 5.04. The molecular formula is C21H25N5. The molecule has 0 amide bonds. The Morgan fingerprint density at radius 1 is 0.885 bits per heavy atom. The van der Waals surface area contributed by atoms with Gasteiger partial charge in [-0.05, 0) is 31.7 Å². The van der Waals surface area contributed by atoms with Gasteiger partial charge in [0.1, 0.15) is 5.69 Å². The molecule has 0 spiro atoms. The van der Waals surface area contributed by atoms with E-state index in [1.54, 1.807) is 0 Å². The van der Waals surface area contributed by atoms with E-state index in [9.17, 15) is 0 Å². The lowest BCUT2D eigenvalue weighted by Gasteiger charge is -2.32. The summed E-state index contributed by atoms with van der Waals surface area (Å²) in [5.41, 5.74) is 5.62. The molecular weight excluding hydrogens is 322 g/mol. The van der Waals surface area contributed by atoms with E-state index >= 15 is 0 Å². The molecule has 0 saturated carbocycles. The van der Waals surface area contributed by atoms with Crippen LogP contribution in [0.5, 0.6) is 0 Å². The largest absolute Gasteiger partial charge is 0.304 e. The van der Waals surface area contributed by atoms with Gasteiger partial charge in [0, 0.05) is 38.3 Å². The molecule has 4 rings (SSSR count). The Bertz CT molecular complexity index is 843. The van der Waals surface area contributed by atoms with Gasteiger partial charge in [-0.1, -0.05) is 47.2 Å². The maximum atomic E-state index is 4.34. The SMILES string of the molecule is Cc1ccc(-n2cc(-c3ccc(CN4CCN(C)CC4)cc3)nn2)cc1. The molecule has 1 aromatic heterocycles. The molecule has 2 aromatic carbocycles. The van der Waals surface area contributed by atoms with E-state index in [-0.39, 0.29) is 0 Å². The maximum absolute atomic E-state index is 4.34.